The minimum atomic E-state index is 0.709. The van der Waals surface area contributed by atoms with Crippen molar-refractivity contribution in [2.75, 3.05) is 6.54 Å². The summed E-state index contributed by atoms with van der Waals surface area (Å²) in [6.07, 6.45) is 7.21. The normalized spacial score (nSPS) is 20.4. The van der Waals surface area contributed by atoms with Crippen molar-refractivity contribution in [3.05, 3.63) is 65.6 Å². The van der Waals surface area contributed by atoms with Crippen LogP contribution < -0.4 is 5.32 Å². The second-order valence-corrected chi connectivity index (χ2v) is 6.38. The number of H-pyrrole nitrogens is 1. The zero-order valence-electron chi connectivity index (χ0n) is 12.8. The van der Waals surface area contributed by atoms with E-state index in [1.54, 1.807) is 0 Å². The summed E-state index contributed by atoms with van der Waals surface area (Å²) >= 11 is 0. The zero-order valence-corrected chi connectivity index (χ0v) is 12.8. The molecule has 1 aromatic carbocycles. The molecule has 3 nitrogen and oxygen atoms in total. The van der Waals surface area contributed by atoms with Gasteiger partial charge >= 0.3 is 0 Å². The van der Waals surface area contributed by atoms with Gasteiger partial charge in [-0.1, -0.05) is 11.6 Å². The summed E-state index contributed by atoms with van der Waals surface area (Å²) in [5.41, 5.74) is 5.39. The van der Waals surface area contributed by atoms with Crippen LogP contribution in [0, 0.1) is 12.8 Å². The van der Waals surface area contributed by atoms with Gasteiger partial charge < -0.3 is 10.3 Å². The summed E-state index contributed by atoms with van der Waals surface area (Å²) < 4.78 is 0. The molecule has 0 bridgehead atoms. The fourth-order valence-corrected chi connectivity index (χ4v) is 3.32. The van der Waals surface area contributed by atoms with E-state index in [9.17, 15) is 0 Å². The van der Waals surface area contributed by atoms with Gasteiger partial charge in [-0.05, 0) is 67.1 Å². The average molecular weight is 291 g/mol. The minimum absolute atomic E-state index is 0.709. The molecule has 1 aliphatic rings. The Morgan fingerprint density at radius 1 is 1.23 bits per heavy atom. The molecule has 2 atom stereocenters. The Kier molecular flexibility index (Phi) is 3.43. The van der Waals surface area contributed by atoms with E-state index in [1.165, 1.54) is 34.0 Å². The number of aromatic amines is 1. The van der Waals surface area contributed by atoms with Gasteiger partial charge in [0, 0.05) is 36.0 Å². The van der Waals surface area contributed by atoms with Gasteiger partial charge in [-0.15, -0.1) is 0 Å². The van der Waals surface area contributed by atoms with E-state index in [4.69, 9.17) is 0 Å². The van der Waals surface area contributed by atoms with Gasteiger partial charge in [-0.3, -0.25) is 4.98 Å². The van der Waals surface area contributed by atoms with E-state index in [-0.39, 0.29) is 0 Å². The highest BCUT2D eigenvalue weighted by molar-refractivity contribution is 5.84. The second-order valence-electron chi connectivity index (χ2n) is 6.38. The van der Waals surface area contributed by atoms with E-state index in [0.717, 1.165) is 19.0 Å². The zero-order chi connectivity index (χ0) is 14.9. The molecule has 0 saturated heterocycles. The van der Waals surface area contributed by atoms with E-state index >= 15 is 0 Å². The highest BCUT2D eigenvalue weighted by atomic mass is 14.9. The number of aryl methyl sites for hydroxylation is 1. The molecule has 0 amide bonds. The first-order valence-corrected chi connectivity index (χ1v) is 7.98. The Hall–Kier alpha value is -2.13. The Balaban J connectivity index is 1.38. The number of rotatable bonds is 5. The van der Waals surface area contributed by atoms with E-state index in [2.05, 4.69) is 58.7 Å². The van der Waals surface area contributed by atoms with Gasteiger partial charge in [0.1, 0.15) is 0 Å². The van der Waals surface area contributed by atoms with E-state index < -0.39 is 0 Å². The van der Waals surface area contributed by atoms with Gasteiger partial charge in [-0.2, -0.15) is 0 Å². The van der Waals surface area contributed by atoms with Crippen LogP contribution in [0.2, 0.25) is 0 Å². The molecule has 112 valence electrons. The quantitative estimate of drug-likeness (QED) is 0.751. The number of nitrogens with one attached hydrogen (secondary N) is 2. The number of hydrogen-bond donors (Lipinski definition) is 2. The molecular formula is C19H21N3. The van der Waals surface area contributed by atoms with Crippen molar-refractivity contribution in [3.8, 4) is 0 Å². The van der Waals surface area contributed by atoms with E-state index in [0.29, 0.717) is 5.92 Å². The Morgan fingerprint density at radius 3 is 2.95 bits per heavy atom. The first kappa shape index (κ1) is 13.5. The predicted molar refractivity (Wildman–Crippen MR) is 89.8 cm³/mol. The summed E-state index contributed by atoms with van der Waals surface area (Å²) in [7, 11) is 0. The number of benzene rings is 1. The van der Waals surface area contributed by atoms with Crippen LogP contribution in [0.25, 0.3) is 10.9 Å². The van der Waals surface area contributed by atoms with Crippen LogP contribution in [0.1, 0.15) is 29.0 Å². The van der Waals surface area contributed by atoms with Crippen molar-refractivity contribution >= 4 is 10.9 Å². The molecule has 22 heavy (non-hydrogen) atoms. The van der Waals surface area contributed by atoms with Crippen molar-refractivity contribution in [2.45, 2.75) is 25.8 Å². The molecule has 4 rings (SSSR count). The van der Waals surface area contributed by atoms with Crippen LogP contribution in [0.3, 0.4) is 0 Å². The maximum atomic E-state index is 4.05. The summed E-state index contributed by atoms with van der Waals surface area (Å²) in [4.78, 5) is 7.46. The van der Waals surface area contributed by atoms with Gasteiger partial charge in [0.05, 0.1) is 0 Å². The van der Waals surface area contributed by atoms with Gasteiger partial charge in [0.2, 0.25) is 0 Å². The molecule has 0 radical (unpaired) electrons. The van der Waals surface area contributed by atoms with Gasteiger partial charge in [0.15, 0.2) is 0 Å². The van der Waals surface area contributed by atoms with Crippen LogP contribution in [0.5, 0.6) is 0 Å². The predicted octanol–water partition coefficient (Wildman–Crippen LogP) is 3.76. The lowest BCUT2D eigenvalue weighted by atomic mass is 10.1. The van der Waals surface area contributed by atoms with Crippen LogP contribution in [0.15, 0.2) is 48.9 Å². The van der Waals surface area contributed by atoms with Crippen molar-refractivity contribution < 1.29 is 0 Å². The third kappa shape index (κ3) is 2.64. The van der Waals surface area contributed by atoms with Crippen LogP contribution in [-0.2, 0) is 6.54 Å². The molecule has 0 spiro atoms. The molecule has 1 saturated carbocycles. The SMILES string of the molecule is Cc1ccc2[nH]cc(C3CC3CNCc3ccncc3)c2c1. The largest absolute Gasteiger partial charge is 0.361 e. The van der Waals surface area contributed by atoms with Gasteiger partial charge in [0.25, 0.3) is 0 Å². The fourth-order valence-electron chi connectivity index (χ4n) is 3.32. The standard InChI is InChI=1S/C19H21N3/c1-13-2-3-19-17(8-13)18(12-22-19)16-9-15(16)11-21-10-14-4-6-20-7-5-14/h2-8,12,15-16,21-22H,9-11H2,1H3. The Morgan fingerprint density at radius 2 is 2.09 bits per heavy atom. The van der Waals surface area contributed by atoms with Crippen molar-refractivity contribution in [2.24, 2.45) is 5.92 Å². The summed E-state index contributed by atoms with van der Waals surface area (Å²) in [5, 5.41) is 4.98. The Labute approximate surface area is 130 Å². The second kappa shape index (κ2) is 5.58. The molecule has 3 aromatic rings. The third-order valence-corrected chi connectivity index (χ3v) is 4.68. The molecule has 2 unspecified atom stereocenters. The molecule has 2 N–H and O–H groups in total. The molecule has 1 fully saturated rings. The van der Waals surface area contributed by atoms with Crippen LogP contribution in [0.4, 0.5) is 0 Å². The average Bonchev–Trinajstić information content (AvgIpc) is 3.18. The van der Waals surface area contributed by atoms with Crippen molar-refractivity contribution in [3.63, 3.8) is 0 Å². The molecule has 2 aromatic heterocycles. The lowest BCUT2D eigenvalue weighted by Crippen LogP contribution is -2.16. The highest BCUT2D eigenvalue weighted by Gasteiger charge is 2.39. The molecule has 0 aliphatic heterocycles. The van der Waals surface area contributed by atoms with Gasteiger partial charge in [-0.25, -0.2) is 0 Å². The fraction of sp³-hybridized carbons (Fsp3) is 0.316. The third-order valence-electron chi connectivity index (χ3n) is 4.68. The van der Waals surface area contributed by atoms with Crippen molar-refractivity contribution in [1.29, 1.82) is 0 Å². The summed E-state index contributed by atoms with van der Waals surface area (Å²) in [6.45, 7) is 4.18. The maximum Gasteiger partial charge on any atom is 0.0457 e. The summed E-state index contributed by atoms with van der Waals surface area (Å²) in [6, 6.07) is 10.8. The first-order valence-electron chi connectivity index (χ1n) is 7.98. The van der Waals surface area contributed by atoms with E-state index in [1.807, 2.05) is 12.4 Å². The summed E-state index contributed by atoms with van der Waals surface area (Å²) in [5.74, 6) is 1.47. The minimum Gasteiger partial charge on any atom is -0.361 e. The number of fused-ring (bicyclic) bond motifs is 1. The smallest absolute Gasteiger partial charge is 0.0457 e. The lowest BCUT2D eigenvalue weighted by Gasteiger charge is -2.04. The van der Waals surface area contributed by atoms with Crippen LogP contribution >= 0.6 is 0 Å². The number of nitrogens with zero attached hydrogens (tertiary/aromatic N) is 1. The first-order chi connectivity index (χ1) is 10.8. The molecule has 3 heteroatoms. The molecule has 1 aliphatic carbocycles. The number of aromatic nitrogens is 2. The monoisotopic (exact) mass is 291 g/mol. The lowest BCUT2D eigenvalue weighted by molar-refractivity contribution is 0.627. The van der Waals surface area contributed by atoms with Crippen molar-refractivity contribution in [1.82, 2.24) is 15.3 Å². The van der Waals surface area contributed by atoms with Crippen LogP contribution in [-0.4, -0.2) is 16.5 Å². The molecule has 2 heterocycles. The topological polar surface area (TPSA) is 40.7 Å². The number of hydrogen-bond acceptors (Lipinski definition) is 2. The maximum absolute atomic E-state index is 4.05. The number of pyridine rings is 1. The Bertz CT molecular complexity index is 776. The molecular weight excluding hydrogens is 270 g/mol. The highest BCUT2D eigenvalue weighted by Crippen LogP contribution is 2.49.